The van der Waals surface area contributed by atoms with Crippen LogP contribution in [0, 0.1) is 5.41 Å². The number of carbonyl (C=O) groups is 1. The molecule has 78 valence electrons. The summed E-state index contributed by atoms with van der Waals surface area (Å²) in [5.41, 5.74) is 1.57. The highest BCUT2D eigenvalue weighted by atomic mass is 16.5. The van der Waals surface area contributed by atoms with Gasteiger partial charge in [0.05, 0.1) is 5.56 Å². The lowest BCUT2D eigenvalue weighted by molar-refractivity contribution is 0.0714. The molecule has 15 heavy (non-hydrogen) atoms. The SMILES string of the molecule is CC(C)(C)/C=C1/OC(=O)c2ccccc21. The van der Waals surface area contributed by atoms with Crippen LogP contribution in [0.3, 0.4) is 0 Å². The number of benzene rings is 1. The summed E-state index contributed by atoms with van der Waals surface area (Å²) in [6.07, 6.45) is 1.98. The summed E-state index contributed by atoms with van der Waals surface area (Å²) in [5, 5.41) is 0. The third-order valence-electron chi connectivity index (χ3n) is 2.18. The van der Waals surface area contributed by atoms with Gasteiger partial charge in [-0.15, -0.1) is 0 Å². The first kappa shape index (κ1) is 9.97. The molecule has 0 saturated heterocycles. The molecule has 0 spiro atoms. The molecule has 0 aliphatic carbocycles. The quantitative estimate of drug-likeness (QED) is 0.604. The minimum Gasteiger partial charge on any atom is -0.423 e. The van der Waals surface area contributed by atoms with E-state index < -0.39 is 0 Å². The van der Waals surface area contributed by atoms with Gasteiger partial charge < -0.3 is 4.74 Å². The summed E-state index contributed by atoms with van der Waals surface area (Å²) in [5.74, 6) is 0.434. The minimum atomic E-state index is -0.249. The second kappa shape index (κ2) is 3.23. The van der Waals surface area contributed by atoms with Crippen molar-refractivity contribution >= 4 is 11.7 Å². The first-order valence-electron chi connectivity index (χ1n) is 5.02. The molecule has 1 aromatic carbocycles. The maximum absolute atomic E-state index is 11.5. The molecule has 0 bridgehead atoms. The Hall–Kier alpha value is -1.57. The Morgan fingerprint density at radius 3 is 2.33 bits per heavy atom. The van der Waals surface area contributed by atoms with E-state index >= 15 is 0 Å². The molecule has 2 heteroatoms. The smallest absolute Gasteiger partial charge is 0.344 e. The van der Waals surface area contributed by atoms with Crippen molar-refractivity contribution in [3.05, 3.63) is 41.5 Å². The zero-order chi connectivity index (χ0) is 11.1. The van der Waals surface area contributed by atoms with Crippen molar-refractivity contribution in [3.8, 4) is 0 Å². The summed E-state index contributed by atoms with van der Waals surface area (Å²) in [7, 11) is 0. The third-order valence-corrected chi connectivity index (χ3v) is 2.18. The number of fused-ring (bicyclic) bond motifs is 1. The van der Waals surface area contributed by atoms with E-state index in [1.165, 1.54) is 0 Å². The number of carbonyl (C=O) groups excluding carboxylic acids is 1. The Morgan fingerprint density at radius 1 is 1.13 bits per heavy atom. The number of ether oxygens (including phenoxy) is 1. The molecule has 1 heterocycles. The second-order valence-electron chi connectivity index (χ2n) is 4.81. The lowest BCUT2D eigenvalue weighted by atomic mass is 9.94. The van der Waals surface area contributed by atoms with Gasteiger partial charge >= 0.3 is 5.97 Å². The standard InChI is InChI=1S/C13H14O2/c1-13(2,3)8-11-9-6-4-5-7-10(9)12(14)15-11/h4-8H,1-3H3/b11-8+. The monoisotopic (exact) mass is 202 g/mol. The summed E-state index contributed by atoms with van der Waals surface area (Å²) in [6.45, 7) is 6.23. The molecule has 1 aliphatic rings. The fraction of sp³-hybridized carbons (Fsp3) is 0.308. The molecular weight excluding hydrogens is 188 g/mol. The average molecular weight is 202 g/mol. The van der Waals surface area contributed by atoms with Crippen molar-refractivity contribution in [2.24, 2.45) is 5.41 Å². The molecule has 0 amide bonds. The van der Waals surface area contributed by atoms with Gasteiger partial charge in [0.25, 0.3) is 0 Å². The molecule has 0 radical (unpaired) electrons. The van der Waals surface area contributed by atoms with Crippen LogP contribution in [0.15, 0.2) is 30.3 Å². The predicted octanol–water partition coefficient (Wildman–Crippen LogP) is 3.24. The van der Waals surface area contributed by atoms with Crippen LogP contribution in [0.4, 0.5) is 0 Å². The van der Waals surface area contributed by atoms with E-state index in [1.54, 1.807) is 6.07 Å². The molecule has 0 aromatic heterocycles. The Kier molecular flexibility index (Phi) is 2.14. The number of rotatable bonds is 0. The molecule has 0 saturated carbocycles. The second-order valence-corrected chi connectivity index (χ2v) is 4.81. The summed E-state index contributed by atoms with van der Waals surface area (Å²) >= 11 is 0. The first-order chi connectivity index (χ1) is 6.97. The van der Waals surface area contributed by atoms with Crippen LogP contribution in [0.1, 0.15) is 36.7 Å². The highest BCUT2D eigenvalue weighted by Gasteiger charge is 2.26. The van der Waals surface area contributed by atoms with Crippen molar-refractivity contribution < 1.29 is 9.53 Å². The van der Waals surface area contributed by atoms with Crippen molar-refractivity contribution in [1.29, 1.82) is 0 Å². The van der Waals surface area contributed by atoms with Gasteiger partial charge in [0.15, 0.2) is 0 Å². The van der Waals surface area contributed by atoms with Crippen molar-refractivity contribution in [2.45, 2.75) is 20.8 Å². The van der Waals surface area contributed by atoms with Crippen molar-refractivity contribution in [1.82, 2.24) is 0 Å². The molecule has 1 aliphatic heterocycles. The molecule has 0 unspecified atom stereocenters. The first-order valence-corrected chi connectivity index (χ1v) is 5.02. The van der Waals surface area contributed by atoms with E-state index in [9.17, 15) is 4.79 Å². The van der Waals surface area contributed by atoms with Gasteiger partial charge in [0, 0.05) is 5.56 Å². The van der Waals surface area contributed by atoms with Crippen LogP contribution in [-0.4, -0.2) is 5.97 Å². The van der Waals surface area contributed by atoms with E-state index in [1.807, 2.05) is 24.3 Å². The molecule has 2 rings (SSSR count). The normalized spacial score (nSPS) is 17.8. The minimum absolute atomic E-state index is 0.00701. The lowest BCUT2D eigenvalue weighted by Crippen LogP contribution is -2.01. The average Bonchev–Trinajstić information content (AvgIpc) is 2.42. The van der Waals surface area contributed by atoms with Crippen LogP contribution in [-0.2, 0) is 4.74 Å². The van der Waals surface area contributed by atoms with Crippen molar-refractivity contribution in [3.63, 3.8) is 0 Å². The van der Waals surface area contributed by atoms with Crippen molar-refractivity contribution in [2.75, 3.05) is 0 Å². The third kappa shape index (κ3) is 1.94. The number of hydrogen-bond donors (Lipinski definition) is 0. The Labute approximate surface area is 89.6 Å². The molecule has 0 N–H and O–H groups in total. The van der Waals surface area contributed by atoms with E-state index in [-0.39, 0.29) is 11.4 Å². The molecule has 0 fully saturated rings. The molecule has 2 nitrogen and oxygen atoms in total. The lowest BCUT2D eigenvalue weighted by Gasteiger charge is -2.12. The summed E-state index contributed by atoms with van der Waals surface area (Å²) in [6, 6.07) is 7.47. The number of hydrogen-bond acceptors (Lipinski definition) is 2. The van der Waals surface area contributed by atoms with Gasteiger partial charge in [-0.1, -0.05) is 39.0 Å². The summed E-state index contributed by atoms with van der Waals surface area (Å²) in [4.78, 5) is 11.5. The number of esters is 1. The van der Waals surface area contributed by atoms with Gasteiger partial charge in [-0.3, -0.25) is 0 Å². The summed E-state index contributed by atoms with van der Waals surface area (Å²) < 4.78 is 5.23. The number of allylic oxidation sites excluding steroid dienone is 1. The maximum Gasteiger partial charge on any atom is 0.344 e. The molecular formula is C13H14O2. The zero-order valence-corrected chi connectivity index (χ0v) is 9.20. The zero-order valence-electron chi connectivity index (χ0n) is 9.20. The van der Waals surface area contributed by atoms with Crippen LogP contribution in [0.5, 0.6) is 0 Å². The fourth-order valence-electron chi connectivity index (χ4n) is 1.59. The van der Waals surface area contributed by atoms with Crippen LogP contribution >= 0.6 is 0 Å². The maximum atomic E-state index is 11.5. The Balaban J connectivity index is 2.50. The topological polar surface area (TPSA) is 26.3 Å². The predicted molar refractivity (Wildman–Crippen MR) is 59.3 cm³/mol. The van der Waals surface area contributed by atoms with E-state index in [0.29, 0.717) is 11.3 Å². The molecule has 1 aromatic rings. The van der Waals surface area contributed by atoms with Crippen LogP contribution < -0.4 is 0 Å². The van der Waals surface area contributed by atoms with E-state index in [4.69, 9.17) is 4.74 Å². The highest BCUT2D eigenvalue weighted by Crippen LogP contribution is 2.32. The van der Waals surface area contributed by atoms with Gasteiger partial charge in [0.2, 0.25) is 0 Å². The van der Waals surface area contributed by atoms with Crippen LogP contribution in [0.2, 0.25) is 0 Å². The largest absolute Gasteiger partial charge is 0.423 e. The van der Waals surface area contributed by atoms with Gasteiger partial charge in [-0.2, -0.15) is 0 Å². The van der Waals surface area contributed by atoms with Gasteiger partial charge in [0.1, 0.15) is 5.76 Å². The van der Waals surface area contributed by atoms with Gasteiger partial charge in [-0.25, -0.2) is 4.79 Å². The molecule has 0 atom stereocenters. The van der Waals surface area contributed by atoms with E-state index in [2.05, 4.69) is 20.8 Å². The highest BCUT2D eigenvalue weighted by molar-refractivity contribution is 6.02. The fourth-order valence-corrected chi connectivity index (χ4v) is 1.59. The van der Waals surface area contributed by atoms with Crippen LogP contribution in [0.25, 0.3) is 5.76 Å². The number of cyclic esters (lactones) is 1. The Bertz CT molecular complexity index is 436. The van der Waals surface area contributed by atoms with Gasteiger partial charge in [-0.05, 0) is 17.6 Å². The Morgan fingerprint density at radius 2 is 1.73 bits per heavy atom. The van der Waals surface area contributed by atoms with E-state index in [0.717, 1.165) is 5.56 Å².